The lowest BCUT2D eigenvalue weighted by Gasteiger charge is -2.48. The number of benzene rings is 1. The van der Waals surface area contributed by atoms with Crippen LogP contribution in [0, 0.1) is 17.3 Å². The van der Waals surface area contributed by atoms with E-state index >= 15 is 0 Å². The lowest BCUT2D eigenvalue weighted by molar-refractivity contribution is -0.141. The molecule has 3 heteroatoms. The Morgan fingerprint density at radius 1 is 1.10 bits per heavy atom. The smallest absolute Gasteiger partial charge is 0.119 e. The molecule has 3 unspecified atom stereocenters. The second-order valence-electron chi connectivity index (χ2n) is 6.96. The van der Waals surface area contributed by atoms with Gasteiger partial charge in [0.2, 0.25) is 0 Å². The molecule has 0 saturated heterocycles. The van der Waals surface area contributed by atoms with Gasteiger partial charge in [-0.25, -0.2) is 0 Å². The van der Waals surface area contributed by atoms with Gasteiger partial charge in [-0.05, 0) is 48.6 Å². The molecule has 0 spiro atoms. The van der Waals surface area contributed by atoms with Crippen LogP contribution in [0.1, 0.15) is 33.1 Å². The third-order valence-electron chi connectivity index (χ3n) is 5.86. The molecule has 3 atom stereocenters. The molecule has 3 rings (SSSR count). The molecule has 0 aromatic heterocycles. The van der Waals surface area contributed by atoms with E-state index in [1.165, 1.54) is 19.3 Å². The minimum Gasteiger partial charge on any atom is -0.491 e. The Bertz CT molecular complexity index is 473. The minimum atomic E-state index is -0.0179. The zero-order chi connectivity index (χ0) is 14.9. The maximum absolute atomic E-state index is 6.44. The highest BCUT2D eigenvalue weighted by atomic mass is 79.9. The lowest BCUT2D eigenvalue weighted by atomic mass is 9.66. The number of para-hydroxylation sites is 1. The van der Waals surface area contributed by atoms with Crippen molar-refractivity contribution in [3.63, 3.8) is 0 Å². The molecule has 2 fully saturated rings. The fraction of sp³-hybridized carbons (Fsp3) is 0.667. The number of fused-ring (bicyclic) bond motifs is 2. The third-order valence-corrected chi connectivity index (χ3v) is 6.69. The van der Waals surface area contributed by atoms with Crippen LogP contribution < -0.4 is 4.74 Å². The van der Waals surface area contributed by atoms with Crippen molar-refractivity contribution in [3.8, 4) is 5.75 Å². The third kappa shape index (κ3) is 2.53. The first kappa shape index (κ1) is 15.4. The molecule has 0 radical (unpaired) electrons. The summed E-state index contributed by atoms with van der Waals surface area (Å²) in [6.45, 7) is 6.05. The fourth-order valence-electron chi connectivity index (χ4n) is 4.46. The van der Waals surface area contributed by atoms with Crippen molar-refractivity contribution in [2.75, 3.05) is 18.5 Å². The molecule has 116 valence electrons. The van der Waals surface area contributed by atoms with Gasteiger partial charge in [-0.2, -0.15) is 0 Å². The molecule has 2 bridgehead atoms. The van der Waals surface area contributed by atoms with Crippen molar-refractivity contribution in [1.29, 1.82) is 0 Å². The Kier molecular flexibility index (Phi) is 4.33. The zero-order valence-corrected chi connectivity index (χ0v) is 14.6. The van der Waals surface area contributed by atoms with Gasteiger partial charge in [-0.15, -0.1) is 0 Å². The molecule has 1 aromatic rings. The quantitative estimate of drug-likeness (QED) is 0.547. The summed E-state index contributed by atoms with van der Waals surface area (Å²) in [4.78, 5) is 0. The van der Waals surface area contributed by atoms with E-state index in [0.29, 0.717) is 19.1 Å². The van der Waals surface area contributed by atoms with Crippen LogP contribution in [0.2, 0.25) is 0 Å². The average Bonchev–Trinajstić information content (AvgIpc) is 3.05. The van der Waals surface area contributed by atoms with E-state index in [-0.39, 0.29) is 11.0 Å². The van der Waals surface area contributed by atoms with Gasteiger partial charge < -0.3 is 9.47 Å². The van der Waals surface area contributed by atoms with Gasteiger partial charge >= 0.3 is 0 Å². The molecule has 0 heterocycles. The zero-order valence-electron chi connectivity index (χ0n) is 13.0. The van der Waals surface area contributed by atoms with Crippen molar-refractivity contribution in [1.82, 2.24) is 0 Å². The summed E-state index contributed by atoms with van der Waals surface area (Å²) in [5.74, 6) is 2.44. The Morgan fingerprint density at radius 2 is 1.81 bits per heavy atom. The van der Waals surface area contributed by atoms with Crippen LogP contribution in [0.25, 0.3) is 0 Å². The molecule has 0 aliphatic heterocycles. The molecule has 0 N–H and O–H groups in total. The Hall–Kier alpha value is -0.540. The lowest BCUT2D eigenvalue weighted by Crippen LogP contribution is -2.53. The van der Waals surface area contributed by atoms with Gasteiger partial charge in [-0.1, -0.05) is 48.0 Å². The summed E-state index contributed by atoms with van der Waals surface area (Å²) >= 11 is 3.74. The first-order valence-corrected chi connectivity index (χ1v) is 9.10. The molecule has 2 aliphatic carbocycles. The molecule has 2 aliphatic rings. The summed E-state index contributed by atoms with van der Waals surface area (Å²) in [6.07, 6.45) is 4.02. The second-order valence-corrected chi connectivity index (χ2v) is 7.52. The van der Waals surface area contributed by atoms with Crippen LogP contribution in [-0.4, -0.2) is 24.1 Å². The van der Waals surface area contributed by atoms with E-state index in [1.54, 1.807) is 0 Å². The van der Waals surface area contributed by atoms with Crippen molar-refractivity contribution in [3.05, 3.63) is 30.3 Å². The number of alkyl halides is 1. The predicted molar refractivity (Wildman–Crippen MR) is 89.0 cm³/mol. The fourth-order valence-corrected chi connectivity index (χ4v) is 5.80. The van der Waals surface area contributed by atoms with E-state index < -0.39 is 0 Å². The molecule has 1 aromatic carbocycles. The highest BCUT2D eigenvalue weighted by molar-refractivity contribution is 9.09. The highest BCUT2D eigenvalue weighted by Gasteiger charge is 2.63. The van der Waals surface area contributed by atoms with Crippen LogP contribution in [-0.2, 0) is 4.74 Å². The van der Waals surface area contributed by atoms with Crippen LogP contribution in [0.4, 0.5) is 0 Å². The van der Waals surface area contributed by atoms with E-state index in [9.17, 15) is 0 Å². The standard InChI is InChI=1S/C18H25BrO2/c1-17(2)14-8-9-15(12-14)18(17,13-19)21-11-10-20-16-6-4-3-5-7-16/h3-7,14-15H,8-13H2,1-2H3. The van der Waals surface area contributed by atoms with E-state index in [1.807, 2.05) is 30.3 Å². The Labute approximate surface area is 136 Å². The van der Waals surface area contributed by atoms with Crippen LogP contribution in [0.5, 0.6) is 5.75 Å². The van der Waals surface area contributed by atoms with Gasteiger partial charge in [0.15, 0.2) is 0 Å². The molecular formula is C18H25BrO2. The number of hydrogen-bond donors (Lipinski definition) is 0. The van der Waals surface area contributed by atoms with E-state index in [0.717, 1.165) is 17.0 Å². The van der Waals surface area contributed by atoms with E-state index in [2.05, 4.69) is 29.8 Å². The van der Waals surface area contributed by atoms with Crippen LogP contribution >= 0.6 is 15.9 Å². The van der Waals surface area contributed by atoms with Gasteiger partial charge in [0.25, 0.3) is 0 Å². The molecule has 2 saturated carbocycles. The first-order valence-electron chi connectivity index (χ1n) is 7.98. The normalized spacial score (nSPS) is 33.3. The summed E-state index contributed by atoms with van der Waals surface area (Å²) in [5, 5.41) is 0.930. The van der Waals surface area contributed by atoms with Crippen molar-refractivity contribution >= 4 is 15.9 Å². The topological polar surface area (TPSA) is 18.5 Å². The highest BCUT2D eigenvalue weighted by Crippen LogP contribution is 2.63. The summed E-state index contributed by atoms with van der Waals surface area (Å²) < 4.78 is 12.2. The van der Waals surface area contributed by atoms with Crippen molar-refractivity contribution in [2.24, 2.45) is 17.3 Å². The SMILES string of the molecule is CC1(C)C2CCC(C2)C1(CBr)OCCOc1ccccc1. The maximum atomic E-state index is 6.44. The maximum Gasteiger partial charge on any atom is 0.119 e. The number of ether oxygens (including phenoxy) is 2. The van der Waals surface area contributed by atoms with Crippen molar-refractivity contribution in [2.45, 2.75) is 38.7 Å². The summed E-state index contributed by atoms with van der Waals surface area (Å²) in [7, 11) is 0. The van der Waals surface area contributed by atoms with Gasteiger partial charge in [-0.3, -0.25) is 0 Å². The minimum absolute atomic E-state index is 0.0179. The monoisotopic (exact) mass is 352 g/mol. The average molecular weight is 353 g/mol. The van der Waals surface area contributed by atoms with Crippen LogP contribution in [0.15, 0.2) is 30.3 Å². The second kappa shape index (κ2) is 5.92. The first-order chi connectivity index (χ1) is 10.1. The number of rotatable bonds is 6. The predicted octanol–water partition coefficient (Wildman–Crippen LogP) is 4.67. The Balaban J connectivity index is 1.58. The number of halogens is 1. The molecule has 21 heavy (non-hydrogen) atoms. The van der Waals surface area contributed by atoms with Crippen molar-refractivity contribution < 1.29 is 9.47 Å². The van der Waals surface area contributed by atoms with Gasteiger partial charge in [0.1, 0.15) is 12.4 Å². The molecule has 0 amide bonds. The molecular weight excluding hydrogens is 328 g/mol. The largest absolute Gasteiger partial charge is 0.491 e. The van der Waals surface area contributed by atoms with Gasteiger partial charge in [0.05, 0.1) is 12.2 Å². The van der Waals surface area contributed by atoms with E-state index in [4.69, 9.17) is 9.47 Å². The summed E-state index contributed by atoms with van der Waals surface area (Å²) in [6, 6.07) is 9.97. The van der Waals surface area contributed by atoms with Gasteiger partial charge in [0, 0.05) is 5.33 Å². The number of hydrogen-bond acceptors (Lipinski definition) is 2. The Morgan fingerprint density at radius 3 is 2.43 bits per heavy atom. The summed E-state index contributed by atoms with van der Waals surface area (Å²) in [5.41, 5.74) is 0.238. The molecule has 2 nitrogen and oxygen atoms in total. The van der Waals surface area contributed by atoms with Crippen LogP contribution in [0.3, 0.4) is 0 Å².